The largest absolute Gasteiger partial charge is 0.0622 e. The Morgan fingerprint density at radius 2 is 0.440 bits per heavy atom. The molecule has 16 rings (SSSR count). The van der Waals surface area contributed by atoms with Gasteiger partial charge in [-0.15, -0.1) is 0 Å². The molecule has 2 aliphatic carbocycles. The van der Waals surface area contributed by atoms with Gasteiger partial charge in [-0.2, -0.15) is 0 Å². The molecule has 2 aliphatic rings. The molecular weight excluding hydrogens is 1010 g/mol. The van der Waals surface area contributed by atoms with Gasteiger partial charge in [-0.25, -0.2) is 0 Å². The van der Waals surface area contributed by atoms with E-state index in [0.717, 1.165) is 0 Å². The van der Waals surface area contributed by atoms with Crippen molar-refractivity contribution in [1.29, 1.82) is 0 Å². The summed E-state index contributed by atoms with van der Waals surface area (Å²) in [7, 11) is 0. The van der Waals surface area contributed by atoms with Crippen LogP contribution < -0.4 is 0 Å². The molecular formula is C84H60. The Bertz CT molecular complexity index is 4880. The highest BCUT2D eigenvalue weighted by molar-refractivity contribution is 6.21. The zero-order valence-corrected chi connectivity index (χ0v) is 47.7. The fraction of sp³-hybridized carbons (Fsp3) is 0.0714. The number of benzene rings is 14. The Balaban J connectivity index is 0.634. The first-order valence-corrected chi connectivity index (χ1v) is 29.6. The summed E-state index contributed by atoms with van der Waals surface area (Å²) in [6.07, 6.45) is 0. The summed E-state index contributed by atoms with van der Waals surface area (Å²) in [5.74, 6) is 0. The monoisotopic (exact) mass is 1070 g/mol. The van der Waals surface area contributed by atoms with Crippen LogP contribution in [0.15, 0.2) is 291 Å². The molecule has 14 aromatic carbocycles. The van der Waals surface area contributed by atoms with Gasteiger partial charge < -0.3 is 0 Å². The lowest BCUT2D eigenvalue weighted by molar-refractivity contribution is 0.660. The van der Waals surface area contributed by atoms with Crippen molar-refractivity contribution in [2.45, 2.75) is 38.5 Å². The van der Waals surface area contributed by atoms with Crippen LogP contribution in [0.1, 0.15) is 49.9 Å². The van der Waals surface area contributed by atoms with Crippen LogP contribution in [0.3, 0.4) is 0 Å². The van der Waals surface area contributed by atoms with Crippen molar-refractivity contribution < 1.29 is 0 Å². The third kappa shape index (κ3) is 7.96. The van der Waals surface area contributed by atoms with Crippen molar-refractivity contribution in [3.8, 4) is 111 Å². The van der Waals surface area contributed by atoms with Crippen molar-refractivity contribution in [1.82, 2.24) is 0 Å². The van der Waals surface area contributed by atoms with Crippen molar-refractivity contribution in [2.24, 2.45) is 0 Å². The summed E-state index contributed by atoms with van der Waals surface area (Å²) in [6, 6.07) is 109. The van der Waals surface area contributed by atoms with E-state index in [1.54, 1.807) is 0 Å². The van der Waals surface area contributed by atoms with Crippen LogP contribution in [0.4, 0.5) is 0 Å². The molecule has 0 nitrogen and oxygen atoms in total. The van der Waals surface area contributed by atoms with Gasteiger partial charge in [0.05, 0.1) is 0 Å². The molecule has 0 fully saturated rings. The smallest absolute Gasteiger partial charge is 0.0159 e. The molecule has 0 aromatic heterocycles. The first-order chi connectivity index (χ1) is 41.1. The second kappa shape index (κ2) is 19.2. The Kier molecular flexibility index (Phi) is 11.4. The van der Waals surface area contributed by atoms with Crippen LogP contribution in [0.2, 0.25) is 0 Å². The van der Waals surface area contributed by atoms with Gasteiger partial charge in [-0.3, -0.25) is 0 Å². The van der Waals surface area contributed by atoms with Crippen molar-refractivity contribution in [2.75, 3.05) is 0 Å². The minimum Gasteiger partial charge on any atom is -0.0622 e. The molecule has 0 saturated heterocycles. The number of fused-ring (bicyclic) bond motifs is 9. The molecule has 0 saturated carbocycles. The van der Waals surface area contributed by atoms with Crippen LogP contribution in [0, 0.1) is 0 Å². The molecule has 0 heterocycles. The normalized spacial score (nSPS) is 13.4. The molecule has 0 N–H and O–H groups in total. The van der Waals surface area contributed by atoms with E-state index >= 15 is 0 Å². The van der Waals surface area contributed by atoms with Gasteiger partial charge in [0.25, 0.3) is 0 Å². The van der Waals surface area contributed by atoms with Gasteiger partial charge in [0.1, 0.15) is 0 Å². The minimum atomic E-state index is -0.173. The van der Waals surface area contributed by atoms with Crippen LogP contribution in [0.5, 0.6) is 0 Å². The Labute approximate surface area is 492 Å². The molecule has 14 aromatic rings. The number of hydrogen-bond donors (Lipinski definition) is 0. The SMILES string of the molecule is CC1(C)c2cc(-c3ccc(-c4ccc(-c5ccc(-c6cccc7ccccc67)cc5)cc4)cc3)ccc2-c2ccc(-c3ccc4c(c3)C(C)(C)c3cc(-c5ccc(-c6c7ccccc7c(-c7ccccc7)c7ccccc67)cc5)ccc3-4)cc21. The van der Waals surface area contributed by atoms with E-state index in [4.69, 9.17) is 0 Å². The van der Waals surface area contributed by atoms with Gasteiger partial charge in [-0.05, 0) is 190 Å². The van der Waals surface area contributed by atoms with Crippen molar-refractivity contribution in [3.63, 3.8) is 0 Å². The Morgan fingerprint density at radius 1 is 0.179 bits per heavy atom. The van der Waals surface area contributed by atoms with Crippen molar-refractivity contribution >= 4 is 32.3 Å². The quantitative estimate of drug-likeness (QED) is 0.133. The number of hydrogen-bond acceptors (Lipinski definition) is 0. The maximum absolute atomic E-state index is 2.47. The lowest BCUT2D eigenvalue weighted by Gasteiger charge is -2.24. The Hall–Kier alpha value is -10.1. The first kappa shape index (κ1) is 49.7. The maximum Gasteiger partial charge on any atom is 0.0159 e. The molecule has 84 heavy (non-hydrogen) atoms. The summed E-state index contributed by atoms with van der Waals surface area (Å²) < 4.78 is 0. The number of rotatable bonds is 8. The molecule has 0 radical (unpaired) electrons. The first-order valence-electron chi connectivity index (χ1n) is 29.6. The fourth-order valence-electron chi connectivity index (χ4n) is 14.4. The van der Waals surface area contributed by atoms with E-state index in [9.17, 15) is 0 Å². The van der Waals surface area contributed by atoms with E-state index < -0.39 is 0 Å². The summed E-state index contributed by atoms with van der Waals surface area (Å²) in [5.41, 5.74) is 30.4. The predicted octanol–water partition coefficient (Wildman–Crippen LogP) is 23.1. The average molecular weight is 1070 g/mol. The van der Waals surface area contributed by atoms with Crippen LogP contribution >= 0.6 is 0 Å². The maximum atomic E-state index is 2.47. The highest BCUT2D eigenvalue weighted by atomic mass is 14.4. The summed E-state index contributed by atoms with van der Waals surface area (Å²) in [6.45, 7) is 9.61. The Morgan fingerprint density at radius 3 is 0.821 bits per heavy atom. The zero-order valence-electron chi connectivity index (χ0n) is 47.7. The highest BCUT2D eigenvalue weighted by Gasteiger charge is 2.38. The van der Waals surface area contributed by atoms with Gasteiger partial charge in [0, 0.05) is 10.8 Å². The standard InChI is InChI=1S/C84H60/c1-83(2)77-49-63(57-31-29-55(30-32-57)53-25-27-54(28-26-53)56-33-37-60(38-34-56)68-24-14-18-59-15-8-9-19-67(59)68)41-45-69(77)71-47-43-65(51-79(71)83)66-44-48-72-70-46-42-64(50-78(70)84(3,4)80(72)52-66)58-35-39-62(40-36-58)82-75-22-12-10-20-73(75)81(61-16-6-5-7-17-61)74-21-11-13-23-76(74)82/h5-52H,1-4H3. The summed E-state index contributed by atoms with van der Waals surface area (Å²) >= 11 is 0. The molecule has 0 amide bonds. The van der Waals surface area contributed by atoms with Crippen LogP contribution in [0.25, 0.3) is 144 Å². The van der Waals surface area contributed by atoms with Gasteiger partial charge in [0.15, 0.2) is 0 Å². The van der Waals surface area contributed by atoms with E-state index in [0.29, 0.717) is 0 Å². The van der Waals surface area contributed by atoms with E-state index in [-0.39, 0.29) is 10.8 Å². The lowest BCUT2D eigenvalue weighted by atomic mass is 9.79. The molecule has 0 aliphatic heterocycles. The zero-order chi connectivity index (χ0) is 56.3. The minimum absolute atomic E-state index is 0.163. The molecule has 396 valence electrons. The molecule has 0 bridgehead atoms. The van der Waals surface area contributed by atoms with E-state index in [1.165, 1.54) is 166 Å². The van der Waals surface area contributed by atoms with Crippen LogP contribution in [-0.2, 0) is 10.8 Å². The average Bonchev–Trinajstić information content (AvgIpc) is 4.09. The second-order valence-corrected chi connectivity index (χ2v) is 24.3. The fourth-order valence-corrected chi connectivity index (χ4v) is 14.4. The van der Waals surface area contributed by atoms with Gasteiger partial charge >= 0.3 is 0 Å². The van der Waals surface area contributed by atoms with Gasteiger partial charge in [-0.1, -0.05) is 295 Å². The lowest BCUT2D eigenvalue weighted by Crippen LogP contribution is -2.15. The van der Waals surface area contributed by atoms with Gasteiger partial charge in [0.2, 0.25) is 0 Å². The van der Waals surface area contributed by atoms with Crippen molar-refractivity contribution in [3.05, 3.63) is 313 Å². The second-order valence-electron chi connectivity index (χ2n) is 24.3. The summed E-state index contributed by atoms with van der Waals surface area (Å²) in [5, 5.41) is 7.65. The molecule has 0 atom stereocenters. The van der Waals surface area contributed by atoms with Crippen LogP contribution in [-0.4, -0.2) is 0 Å². The molecule has 0 unspecified atom stereocenters. The third-order valence-corrected chi connectivity index (χ3v) is 18.9. The van der Waals surface area contributed by atoms with E-state index in [1.807, 2.05) is 0 Å². The topological polar surface area (TPSA) is 0 Å². The predicted molar refractivity (Wildman–Crippen MR) is 358 cm³/mol. The van der Waals surface area contributed by atoms with E-state index in [2.05, 4.69) is 319 Å². The summed E-state index contributed by atoms with van der Waals surface area (Å²) in [4.78, 5) is 0. The third-order valence-electron chi connectivity index (χ3n) is 18.9. The molecule has 0 spiro atoms. The highest BCUT2D eigenvalue weighted by Crippen LogP contribution is 2.54. The molecule has 0 heteroatoms.